The van der Waals surface area contributed by atoms with E-state index < -0.39 is 6.10 Å². The first-order chi connectivity index (χ1) is 7.58. The molecule has 0 fully saturated rings. The maximum atomic E-state index is 12.8. The number of benzene rings is 1. The number of aliphatic hydroxyl groups excluding tert-OH is 1. The van der Waals surface area contributed by atoms with Crippen molar-refractivity contribution < 1.29 is 14.2 Å². The van der Waals surface area contributed by atoms with Gasteiger partial charge >= 0.3 is 0 Å². The quantitative estimate of drug-likeness (QED) is 0.775. The van der Waals surface area contributed by atoms with Gasteiger partial charge in [-0.1, -0.05) is 19.9 Å². The Labute approximate surface area is 95.2 Å². The first-order valence-corrected chi connectivity index (χ1v) is 5.37. The summed E-state index contributed by atoms with van der Waals surface area (Å²) in [5.41, 5.74) is 0. The summed E-state index contributed by atoms with van der Waals surface area (Å²) in [6.07, 6.45) is -0.592. The van der Waals surface area contributed by atoms with Gasteiger partial charge in [-0.3, -0.25) is 0 Å². The van der Waals surface area contributed by atoms with Crippen molar-refractivity contribution in [2.45, 2.75) is 26.0 Å². The van der Waals surface area contributed by atoms with Gasteiger partial charge in [-0.2, -0.15) is 0 Å². The third kappa shape index (κ3) is 5.09. The third-order valence-corrected chi connectivity index (χ3v) is 2.00. The normalized spacial score (nSPS) is 12.8. The van der Waals surface area contributed by atoms with Gasteiger partial charge in [0.05, 0.1) is 0 Å². The molecule has 1 rings (SSSR count). The zero-order valence-electron chi connectivity index (χ0n) is 9.61. The summed E-state index contributed by atoms with van der Waals surface area (Å²) >= 11 is 0. The number of halogens is 1. The van der Waals surface area contributed by atoms with Crippen LogP contribution in [0, 0.1) is 5.82 Å². The zero-order valence-corrected chi connectivity index (χ0v) is 9.61. The number of nitrogens with one attached hydrogen (secondary N) is 1. The molecule has 0 saturated heterocycles. The molecule has 0 aromatic heterocycles. The summed E-state index contributed by atoms with van der Waals surface area (Å²) in [4.78, 5) is 0. The van der Waals surface area contributed by atoms with E-state index in [4.69, 9.17) is 4.74 Å². The van der Waals surface area contributed by atoms with Gasteiger partial charge in [0, 0.05) is 18.7 Å². The summed E-state index contributed by atoms with van der Waals surface area (Å²) in [6, 6.07) is 6.20. The van der Waals surface area contributed by atoms with E-state index in [1.165, 1.54) is 12.1 Å². The molecule has 1 aromatic rings. The maximum Gasteiger partial charge on any atom is 0.126 e. The van der Waals surface area contributed by atoms with Crippen LogP contribution in [0.25, 0.3) is 0 Å². The largest absolute Gasteiger partial charge is 0.491 e. The average molecular weight is 227 g/mol. The first kappa shape index (κ1) is 12.9. The molecule has 0 radical (unpaired) electrons. The smallest absolute Gasteiger partial charge is 0.126 e. The number of ether oxygens (including phenoxy) is 1. The lowest BCUT2D eigenvalue weighted by Gasteiger charge is -2.14. The first-order valence-electron chi connectivity index (χ1n) is 5.37. The standard InChI is InChI=1S/C12H18FNO2/c1-9(2)14-7-11(15)8-16-12-5-3-4-10(13)6-12/h3-6,9,11,14-15H,7-8H2,1-2H3. The Morgan fingerprint density at radius 1 is 1.44 bits per heavy atom. The van der Waals surface area contributed by atoms with Crippen molar-refractivity contribution in [2.75, 3.05) is 13.2 Å². The summed E-state index contributed by atoms with van der Waals surface area (Å²) in [5, 5.41) is 12.6. The molecule has 90 valence electrons. The molecule has 1 aromatic carbocycles. The molecule has 0 amide bonds. The average Bonchev–Trinajstić information content (AvgIpc) is 2.23. The Morgan fingerprint density at radius 2 is 2.19 bits per heavy atom. The molecule has 4 heteroatoms. The zero-order chi connectivity index (χ0) is 12.0. The van der Waals surface area contributed by atoms with Crippen LogP contribution < -0.4 is 10.1 Å². The molecule has 0 spiro atoms. The highest BCUT2D eigenvalue weighted by molar-refractivity contribution is 5.22. The Balaban J connectivity index is 2.28. The number of hydrogen-bond acceptors (Lipinski definition) is 3. The van der Waals surface area contributed by atoms with Crippen LogP contribution in [0.5, 0.6) is 5.75 Å². The second-order valence-electron chi connectivity index (χ2n) is 3.99. The van der Waals surface area contributed by atoms with E-state index in [0.29, 0.717) is 18.3 Å². The van der Waals surface area contributed by atoms with E-state index in [-0.39, 0.29) is 12.4 Å². The highest BCUT2D eigenvalue weighted by atomic mass is 19.1. The van der Waals surface area contributed by atoms with Crippen molar-refractivity contribution in [3.05, 3.63) is 30.1 Å². The monoisotopic (exact) mass is 227 g/mol. The second kappa shape index (κ2) is 6.45. The lowest BCUT2D eigenvalue weighted by molar-refractivity contribution is 0.104. The fourth-order valence-electron chi connectivity index (χ4n) is 1.18. The van der Waals surface area contributed by atoms with Gasteiger partial charge in [-0.25, -0.2) is 4.39 Å². The van der Waals surface area contributed by atoms with E-state index in [1.807, 2.05) is 13.8 Å². The van der Waals surface area contributed by atoms with E-state index >= 15 is 0 Å². The molecule has 0 heterocycles. The summed E-state index contributed by atoms with van der Waals surface area (Å²) < 4.78 is 18.0. The summed E-state index contributed by atoms with van der Waals surface area (Å²) in [6.45, 7) is 4.62. The molecule has 0 aliphatic heterocycles. The van der Waals surface area contributed by atoms with Gasteiger partial charge in [-0.15, -0.1) is 0 Å². The van der Waals surface area contributed by atoms with Crippen molar-refractivity contribution >= 4 is 0 Å². The summed E-state index contributed by atoms with van der Waals surface area (Å²) in [5.74, 6) is 0.0934. The molecule has 2 N–H and O–H groups in total. The van der Waals surface area contributed by atoms with Crippen LogP contribution in [0.2, 0.25) is 0 Å². The van der Waals surface area contributed by atoms with Crippen molar-refractivity contribution in [1.82, 2.24) is 5.32 Å². The summed E-state index contributed by atoms with van der Waals surface area (Å²) in [7, 11) is 0. The minimum absolute atomic E-state index is 0.156. The fraction of sp³-hybridized carbons (Fsp3) is 0.500. The van der Waals surface area contributed by atoms with Crippen LogP contribution in [0.3, 0.4) is 0 Å². The van der Waals surface area contributed by atoms with E-state index in [1.54, 1.807) is 12.1 Å². The van der Waals surface area contributed by atoms with Crippen LogP contribution in [0.1, 0.15) is 13.8 Å². The lowest BCUT2D eigenvalue weighted by Crippen LogP contribution is -2.35. The lowest BCUT2D eigenvalue weighted by atomic mass is 10.3. The van der Waals surface area contributed by atoms with Crippen LogP contribution in [-0.4, -0.2) is 30.4 Å². The third-order valence-electron chi connectivity index (χ3n) is 2.00. The van der Waals surface area contributed by atoms with E-state index in [2.05, 4.69) is 5.32 Å². The molecule has 1 atom stereocenters. The van der Waals surface area contributed by atoms with Crippen molar-refractivity contribution in [3.63, 3.8) is 0 Å². The molecule has 3 nitrogen and oxygen atoms in total. The van der Waals surface area contributed by atoms with Crippen LogP contribution in [0.4, 0.5) is 4.39 Å². The van der Waals surface area contributed by atoms with Crippen LogP contribution in [-0.2, 0) is 0 Å². The molecule has 0 aliphatic rings. The number of aliphatic hydroxyl groups is 1. The number of rotatable bonds is 6. The van der Waals surface area contributed by atoms with Gasteiger partial charge in [0.2, 0.25) is 0 Å². The maximum absolute atomic E-state index is 12.8. The Hall–Kier alpha value is -1.13. The molecular formula is C12H18FNO2. The Kier molecular flexibility index (Phi) is 5.22. The molecule has 1 unspecified atom stereocenters. The van der Waals surface area contributed by atoms with Crippen LogP contribution >= 0.6 is 0 Å². The second-order valence-corrected chi connectivity index (χ2v) is 3.99. The van der Waals surface area contributed by atoms with E-state index in [9.17, 15) is 9.50 Å². The van der Waals surface area contributed by atoms with E-state index in [0.717, 1.165) is 0 Å². The molecule has 0 aliphatic carbocycles. The predicted molar refractivity (Wildman–Crippen MR) is 61.0 cm³/mol. The van der Waals surface area contributed by atoms with Gasteiger partial charge < -0.3 is 15.2 Å². The fourth-order valence-corrected chi connectivity index (χ4v) is 1.18. The molecular weight excluding hydrogens is 209 g/mol. The van der Waals surface area contributed by atoms with Crippen LogP contribution in [0.15, 0.2) is 24.3 Å². The highest BCUT2D eigenvalue weighted by Crippen LogP contribution is 2.11. The minimum atomic E-state index is -0.592. The van der Waals surface area contributed by atoms with Gasteiger partial charge in [-0.05, 0) is 12.1 Å². The SMILES string of the molecule is CC(C)NCC(O)COc1cccc(F)c1. The van der Waals surface area contributed by atoms with Crippen molar-refractivity contribution in [2.24, 2.45) is 0 Å². The van der Waals surface area contributed by atoms with Crippen molar-refractivity contribution in [3.8, 4) is 5.75 Å². The Morgan fingerprint density at radius 3 is 2.81 bits per heavy atom. The predicted octanol–water partition coefficient (Wildman–Crippen LogP) is 1.56. The number of hydrogen-bond donors (Lipinski definition) is 2. The molecule has 0 saturated carbocycles. The topological polar surface area (TPSA) is 41.5 Å². The molecule has 16 heavy (non-hydrogen) atoms. The molecule has 0 bridgehead atoms. The van der Waals surface area contributed by atoms with Gasteiger partial charge in [0.15, 0.2) is 0 Å². The minimum Gasteiger partial charge on any atom is -0.491 e. The Bertz CT molecular complexity index is 318. The highest BCUT2D eigenvalue weighted by Gasteiger charge is 2.06. The van der Waals surface area contributed by atoms with Crippen molar-refractivity contribution in [1.29, 1.82) is 0 Å². The van der Waals surface area contributed by atoms with Gasteiger partial charge in [0.1, 0.15) is 24.3 Å². The van der Waals surface area contributed by atoms with Gasteiger partial charge in [0.25, 0.3) is 0 Å².